The smallest absolute Gasteiger partial charge is 0.263 e. The van der Waals surface area contributed by atoms with Crippen molar-refractivity contribution in [1.82, 2.24) is 19.6 Å². The van der Waals surface area contributed by atoms with Crippen LogP contribution in [-0.2, 0) is 9.59 Å². The zero-order valence-corrected chi connectivity index (χ0v) is 15.5. The molecule has 7 nitrogen and oxygen atoms in total. The highest BCUT2D eigenvalue weighted by Gasteiger charge is 2.27. The van der Waals surface area contributed by atoms with Crippen molar-refractivity contribution in [3.05, 3.63) is 41.6 Å². The van der Waals surface area contributed by atoms with Crippen LogP contribution in [-0.4, -0.2) is 63.7 Å². The lowest BCUT2D eigenvalue weighted by Crippen LogP contribution is -2.52. The SMILES string of the molecule is CC(=O)N1CCN(C(=O)[C@@H](C)Oc2nn(-c3ccccc3)cc2Cl)CC1. The maximum absolute atomic E-state index is 12.6. The van der Waals surface area contributed by atoms with Crippen LogP contribution in [0.15, 0.2) is 36.5 Å². The third-order valence-electron chi connectivity index (χ3n) is 4.33. The standard InChI is InChI=1S/C18H21ClN4O3/c1-13(18(25)22-10-8-21(9-11-22)14(2)24)26-17-16(19)12-23(20-17)15-6-4-3-5-7-15/h3-7,12-13H,8-11H2,1-2H3/t13-/m1/s1. The summed E-state index contributed by atoms with van der Waals surface area (Å²) in [5, 5.41) is 4.66. The van der Waals surface area contributed by atoms with Crippen molar-refractivity contribution in [2.75, 3.05) is 26.2 Å². The monoisotopic (exact) mass is 376 g/mol. The minimum Gasteiger partial charge on any atom is -0.462 e. The van der Waals surface area contributed by atoms with Crippen LogP contribution in [0, 0.1) is 0 Å². The third kappa shape index (κ3) is 3.99. The Hall–Kier alpha value is -2.54. The Labute approximate surface area is 157 Å². The molecule has 0 N–H and O–H groups in total. The van der Waals surface area contributed by atoms with Gasteiger partial charge in [-0.2, -0.15) is 0 Å². The molecular weight excluding hydrogens is 356 g/mol. The molecule has 1 saturated heterocycles. The number of piperazine rings is 1. The maximum atomic E-state index is 12.6. The number of hydrogen-bond donors (Lipinski definition) is 0. The highest BCUT2D eigenvalue weighted by molar-refractivity contribution is 6.31. The zero-order valence-electron chi connectivity index (χ0n) is 14.8. The molecule has 2 heterocycles. The van der Waals surface area contributed by atoms with Gasteiger partial charge < -0.3 is 14.5 Å². The van der Waals surface area contributed by atoms with E-state index in [1.165, 1.54) is 6.92 Å². The first kappa shape index (κ1) is 18.3. The van der Waals surface area contributed by atoms with Gasteiger partial charge in [0, 0.05) is 33.1 Å². The Bertz CT molecular complexity index is 785. The molecule has 1 aromatic heterocycles. The van der Waals surface area contributed by atoms with Gasteiger partial charge in [0.05, 0.1) is 11.9 Å². The van der Waals surface area contributed by atoms with Gasteiger partial charge in [0.2, 0.25) is 5.91 Å². The Kier molecular flexibility index (Phi) is 5.46. The van der Waals surface area contributed by atoms with E-state index in [1.54, 1.807) is 27.6 Å². The molecule has 26 heavy (non-hydrogen) atoms. The summed E-state index contributed by atoms with van der Waals surface area (Å²) in [4.78, 5) is 27.4. The number of ether oxygens (including phenoxy) is 1. The number of halogens is 1. The van der Waals surface area contributed by atoms with E-state index in [1.807, 2.05) is 30.3 Å². The van der Waals surface area contributed by atoms with E-state index in [0.717, 1.165) is 5.69 Å². The molecule has 138 valence electrons. The second-order valence-electron chi connectivity index (χ2n) is 6.15. The van der Waals surface area contributed by atoms with Gasteiger partial charge >= 0.3 is 0 Å². The molecule has 1 aromatic carbocycles. The molecule has 1 fully saturated rings. The minimum atomic E-state index is -0.712. The molecule has 3 rings (SSSR count). The summed E-state index contributed by atoms with van der Waals surface area (Å²) in [7, 11) is 0. The number of carbonyl (C=O) groups is 2. The second kappa shape index (κ2) is 7.78. The van der Waals surface area contributed by atoms with E-state index in [9.17, 15) is 9.59 Å². The summed E-state index contributed by atoms with van der Waals surface area (Å²) in [6.07, 6.45) is 0.935. The van der Waals surface area contributed by atoms with Crippen molar-refractivity contribution in [1.29, 1.82) is 0 Å². The summed E-state index contributed by atoms with van der Waals surface area (Å²) in [6, 6.07) is 9.52. The Morgan fingerprint density at radius 2 is 1.73 bits per heavy atom. The first-order valence-corrected chi connectivity index (χ1v) is 8.85. The summed E-state index contributed by atoms with van der Waals surface area (Å²) < 4.78 is 7.31. The van der Waals surface area contributed by atoms with Crippen LogP contribution < -0.4 is 4.74 Å². The van der Waals surface area contributed by atoms with Crippen LogP contribution in [0.3, 0.4) is 0 Å². The first-order chi connectivity index (χ1) is 12.5. The maximum Gasteiger partial charge on any atom is 0.263 e. The molecule has 0 saturated carbocycles. The number of nitrogens with zero attached hydrogens (tertiary/aromatic N) is 4. The van der Waals surface area contributed by atoms with E-state index in [0.29, 0.717) is 31.2 Å². The number of para-hydroxylation sites is 1. The van der Waals surface area contributed by atoms with Crippen molar-refractivity contribution in [2.24, 2.45) is 0 Å². The minimum absolute atomic E-state index is 0.0274. The van der Waals surface area contributed by atoms with Gasteiger partial charge in [-0.25, -0.2) is 4.68 Å². The number of hydrogen-bond acceptors (Lipinski definition) is 4. The molecule has 0 aliphatic carbocycles. The van der Waals surface area contributed by atoms with Gasteiger partial charge in [0.25, 0.3) is 11.8 Å². The number of carbonyl (C=O) groups excluding carboxylic acids is 2. The summed E-state index contributed by atoms with van der Waals surface area (Å²) >= 11 is 6.21. The van der Waals surface area contributed by atoms with E-state index in [4.69, 9.17) is 16.3 Å². The van der Waals surface area contributed by atoms with Crippen molar-refractivity contribution < 1.29 is 14.3 Å². The fourth-order valence-electron chi connectivity index (χ4n) is 2.85. The van der Waals surface area contributed by atoms with Crippen LogP contribution in [0.4, 0.5) is 0 Å². The third-order valence-corrected chi connectivity index (χ3v) is 4.59. The highest BCUT2D eigenvalue weighted by atomic mass is 35.5. The van der Waals surface area contributed by atoms with E-state index in [2.05, 4.69) is 5.10 Å². The first-order valence-electron chi connectivity index (χ1n) is 8.47. The van der Waals surface area contributed by atoms with Gasteiger partial charge in [0.1, 0.15) is 5.02 Å². The molecule has 1 aliphatic rings. The van der Waals surface area contributed by atoms with Crippen LogP contribution in [0.25, 0.3) is 5.69 Å². The van der Waals surface area contributed by atoms with E-state index in [-0.39, 0.29) is 17.7 Å². The lowest BCUT2D eigenvalue weighted by Gasteiger charge is -2.35. The molecule has 2 aromatic rings. The van der Waals surface area contributed by atoms with Gasteiger partial charge in [0.15, 0.2) is 6.10 Å². The number of aromatic nitrogens is 2. The van der Waals surface area contributed by atoms with Gasteiger partial charge in [-0.1, -0.05) is 29.8 Å². The van der Waals surface area contributed by atoms with Gasteiger partial charge in [-0.3, -0.25) is 9.59 Å². The molecule has 8 heteroatoms. The molecule has 1 aliphatic heterocycles. The topological polar surface area (TPSA) is 67.7 Å². The van der Waals surface area contributed by atoms with Gasteiger partial charge in [-0.05, 0) is 19.1 Å². The average Bonchev–Trinajstić information content (AvgIpc) is 3.02. The molecule has 0 unspecified atom stereocenters. The highest BCUT2D eigenvalue weighted by Crippen LogP contribution is 2.25. The van der Waals surface area contributed by atoms with Crippen LogP contribution in [0.1, 0.15) is 13.8 Å². The Morgan fingerprint density at radius 3 is 2.35 bits per heavy atom. The van der Waals surface area contributed by atoms with Crippen LogP contribution in [0.2, 0.25) is 5.02 Å². The number of benzene rings is 1. The number of amides is 2. The molecule has 0 radical (unpaired) electrons. The largest absolute Gasteiger partial charge is 0.462 e. The van der Waals surface area contributed by atoms with E-state index < -0.39 is 6.10 Å². The average molecular weight is 377 g/mol. The fourth-order valence-corrected chi connectivity index (χ4v) is 3.02. The van der Waals surface area contributed by atoms with Crippen molar-refractivity contribution in [3.8, 4) is 11.6 Å². The lowest BCUT2D eigenvalue weighted by atomic mass is 10.2. The molecular formula is C18H21ClN4O3. The lowest BCUT2D eigenvalue weighted by molar-refractivity contribution is -0.143. The van der Waals surface area contributed by atoms with Crippen molar-refractivity contribution in [2.45, 2.75) is 20.0 Å². The normalized spacial score (nSPS) is 15.7. The quantitative estimate of drug-likeness (QED) is 0.818. The summed E-state index contributed by atoms with van der Waals surface area (Å²) in [5.41, 5.74) is 0.851. The Morgan fingerprint density at radius 1 is 1.12 bits per heavy atom. The van der Waals surface area contributed by atoms with Crippen LogP contribution in [0.5, 0.6) is 5.88 Å². The van der Waals surface area contributed by atoms with Crippen molar-refractivity contribution in [3.63, 3.8) is 0 Å². The summed E-state index contributed by atoms with van der Waals surface area (Å²) in [6.45, 7) is 5.29. The van der Waals surface area contributed by atoms with Gasteiger partial charge in [-0.15, -0.1) is 5.10 Å². The predicted octanol–water partition coefficient (Wildman–Crippen LogP) is 1.98. The molecule has 0 bridgehead atoms. The number of rotatable bonds is 4. The van der Waals surface area contributed by atoms with Crippen LogP contribution >= 0.6 is 11.6 Å². The second-order valence-corrected chi connectivity index (χ2v) is 6.56. The zero-order chi connectivity index (χ0) is 18.7. The molecule has 0 spiro atoms. The summed E-state index contributed by atoms with van der Waals surface area (Å²) in [5.74, 6) is 0.108. The molecule has 1 atom stereocenters. The molecule has 2 amide bonds. The predicted molar refractivity (Wildman–Crippen MR) is 97.5 cm³/mol. The van der Waals surface area contributed by atoms with E-state index >= 15 is 0 Å². The van der Waals surface area contributed by atoms with Crippen molar-refractivity contribution >= 4 is 23.4 Å². The Balaban J connectivity index is 1.63. The fraction of sp³-hybridized carbons (Fsp3) is 0.389.